The molecule has 3 aliphatic rings. The minimum absolute atomic E-state index is 0.172. The first kappa shape index (κ1) is 44.1. The van der Waals surface area contributed by atoms with Gasteiger partial charge in [-0.1, -0.05) is 224 Å². The summed E-state index contributed by atoms with van der Waals surface area (Å²) in [6, 6.07) is 83.4. The Labute approximate surface area is 409 Å². The van der Waals surface area contributed by atoms with Crippen LogP contribution in [0.5, 0.6) is 0 Å². The van der Waals surface area contributed by atoms with Crippen molar-refractivity contribution in [1.29, 1.82) is 0 Å². The van der Waals surface area contributed by atoms with E-state index in [4.69, 9.17) is 0 Å². The highest BCUT2D eigenvalue weighted by Crippen LogP contribution is 2.48. The van der Waals surface area contributed by atoms with Gasteiger partial charge >= 0.3 is 6.85 Å². The summed E-state index contributed by atoms with van der Waals surface area (Å²) in [5.74, 6) is 0. The van der Waals surface area contributed by atoms with E-state index < -0.39 is 0 Å². The third kappa shape index (κ3) is 8.69. The molecule has 1 N–H and O–H groups in total. The summed E-state index contributed by atoms with van der Waals surface area (Å²) in [6.07, 6.45) is 4.90. The van der Waals surface area contributed by atoms with Crippen LogP contribution in [0.2, 0.25) is 0 Å². The zero-order valence-corrected chi connectivity index (χ0v) is 40.3. The van der Waals surface area contributed by atoms with Crippen LogP contribution in [-0.4, -0.2) is 17.9 Å². The lowest BCUT2D eigenvalue weighted by molar-refractivity contribution is 0.183. The maximum atomic E-state index is 3.63. The number of benzene rings is 10. The Hall–Kier alpha value is -7.46. The van der Waals surface area contributed by atoms with E-state index in [1.165, 1.54) is 119 Å². The zero-order chi connectivity index (χ0) is 47.0. The lowest BCUT2D eigenvalue weighted by atomic mass is 9.43. The summed E-state index contributed by atoms with van der Waals surface area (Å²) < 4.78 is 0. The second-order valence-electron chi connectivity index (χ2n) is 20.3. The molecular formula is C66H59BN2. The summed E-state index contributed by atoms with van der Waals surface area (Å²) in [5, 5.41) is 8.85. The number of anilines is 2. The molecule has 0 amide bonds. The predicted octanol–water partition coefficient (Wildman–Crippen LogP) is 15.8. The van der Waals surface area contributed by atoms with Crippen LogP contribution in [0.15, 0.2) is 231 Å². The smallest absolute Gasteiger partial charge is 0.329 e. The predicted molar refractivity (Wildman–Crippen MR) is 298 cm³/mol. The molecule has 0 unspecified atom stereocenters. The molecule has 10 aromatic carbocycles. The molecule has 0 aromatic heterocycles. The molecule has 3 heteroatoms. The van der Waals surface area contributed by atoms with E-state index in [9.17, 15) is 0 Å². The van der Waals surface area contributed by atoms with Crippen LogP contribution in [0.3, 0.4) is 0 Å². The maximum Gasteiger partial charge on any atom is 0.329 e. The second kappa shape index (κ2) is 18.6. The molecule has 2 nitrogen and oxygen atoms in total. The van der Waals surface area contributed by atoms with Crippen LogP contribution >= 0.6 is 0 Å². The van der Waals surface area contributed by atoms with Gasteiger partial charge in [0.05, 0.1) is 0 Å². The number of piperidine rings is 1. The van der Waals surface area contributed by atoms with Gasteiger partial charge in [-0.15, -0.1) is 0 Å². The van der Waals surface area contributed by atoms with Crippen LogP contribution < -0.4 is 21.1 Å². The number of fused-ring (bicyclic) bond motifs is 14. The maximum absolute atomic E-state index is 3.63. The first-order valence-corrected chi connectivity index (χ1v) is 24.8. The molecule has 0 spiro atoms. The highest BCUT2D eigenvalue weighted by molar-refractivity contribution is 6.92. The monoisotopic (exact) mass is 890 g/mol. The Morgan fingerprint density at radius 1 is 0.406 bits per heavy atom. The molecule has 10 aromatic rings. The summed E-state index contributed by atoms with van der Waals surface area (Å²) >= 11 is 0. The summed E-state index contributed by atoms with van der Waals surface area (Å²) in [6.45, 7) is 9.31. The minimum atomic E-state index is 0.172. The van der Waals surface area contributed by atoms with Crippen LogP contribution in [0, 0.1) is 0 Å². The van der Waals surface area contributed by atoms with E-state index in [1.54, 1.807) is 0 Å². The van der Waals surface area contributed by atoms with E-state index in [-0.39, 0.29) is 6.85 Å². The Morgan fingerprint density at radius 2 is 0.870 bits per heavy atom. The SMILES string of the molecule is CC1(C)CCCC(C)(C)N1.c1ccc(-c2ccccc2Cc2c(-c3ccccc3)ccc3ccccc23)cc1.c1ccc2c(c1)B1c3ccccc3-c3ccc4ccccc4c3N1c1ccccc1-2. The van der Waals surface area contributed by atoms with E-state index in [2.05, 4.69) is 268 Å². The molecule has 0 atom stereocenters. The van der Waals surface area contributed by atoms with Crippen molar-refractivity contribution in [2.75, 3.05) is 4.81 Å². The largest absolute Gasteiger partial charge is 0.375 e. The fourth-order valence-corrected chi connectivity index (χ4v) is 11.6. The van der Waals surface area contributed by atoms with Crippen molar-refractivity contribution in [2.24, 2.45) is 0 Å². The van der Waals surface area contributed by atoms with Gasteiger partial charge in [0.25, 0.3) is 0 Å². The molecule has 336 valence electrons. The van der Waals surface area contributed by atoms with Gasteiger partial charge in [-0.3, -0.25) is 0 Å². The average Bonchev–Trinajstić information content (AvgIpc) is 3.39. The summed E-state index contributed by atoms with van der Waals surface area (Å²) in [5.41, 5.74) is 19.3. The molecule has 0 bridgehead atoms. The topological polar surface area (TPSA) is 15.3 Å². The van der Waals surface area contributed by atoms with Crippen molar-refractivity contribution in [3.05, 3.63) is 242 Å². The molecule has 0 saturated carbocycles. The standard InChI is InChI=1S/C29H22.C28H18BN.C9H19N/c1-3-11-22(12-4-1)26-17-9-8-16-25(26)21-29-27-18-10-7-15-24(27)19-20-28(29)23-13-5-2-6-14-23;1-2-10-20-19(9-1)17-18-24-22-12-4-7-15-26(22)29-25-14-6-3-11-21(25)23-13-5-8-16-27(23)30(29)28(20)24;1-8(2)6-5-7-9(3,4)10-8/h1-20H,21H2;1-18H;10H,5-7H2,1-4H3. The number of nitrogens with zero attached hydrogens (tertiary/aromatic N) is 1. The van der Waals surface area contributed by atoms with Gasteiger partial charge in [0.15, 0.2) is 0 Å². The van der Waals surface area contributed by atoms with Gasteiger partial charge in [-0.2, -0.15) is 0 Å². The van der Waals surface area contributed by atoms with Crippen LogP contribution in [-0.2, 0) is 6.42 Å². The van der Waals surface area contributed by atoms with E-state index in [1.807, 2.05) is 0 Å². The Morgan fingerprint density at radius 3 is 1.49 bits per heavy atom. The highest BCUT2D eigenvalue weighted by atomic mass is 15.1. The van der Waals surface area contributed by atoms with Crippen LogP contribution in [0.4, 0.5) is 11.4 Å². The molecule has 3 aliphatic heterocycles. The van der Waals surface area contributed by atoms with E-state index >= 15 is 0 Å². The van der Waals surface area contributed by atoms with Crippen molar-refractivity contribution in [2.45, 2.75) is 64.5 Å². The normalized spacial score (nSPS) is 14.7. The van der Waals surface area contributed by atoms with Gasteiger partial charge < -0.3 is 10.1 Å². The summed E-state index contributed by atoms with van der Waals surface area (Å²) in [4.78, 5) is 2.58. The second-order valence-corrected chi connectivity index (χ2v) is 20.3. The first-order chi connectivity index (χ1) is 33.7. The number of hydrogen-bond acceptors (Lipinski definition) is 2. The first-order valence-electron chi connectivity index (χ1n) is 24.8. The van der Waals surface area contributed by atoms with Gasteiger partial charge in [0.2, 0.25) is 0 Å². The third-order valence-corrected chi connectivity index (χ3v) is 14.5. The lowest BCUT2D eigenvalue weighted by Crippen LogP contribution is -2.59. The average molecular weight is 891 g/mol. The van der Waals surface area contributed by atoms with Gasteiger partial charge in [-0.25, -0.2) is 0 Å². The number of rotatable bonds is 4. The molecule has 0 aliphatic carbocycles. The fraction of sp³-hybridized carbons (Fsp3) is 0.152. The molecule has 69 heavy (non-hydrogen) atoms. The molecule has 3 heterocycles. The van der Waals surface area contributed by atoms with Crippen molar-refractivity contribution in [1.82, 2.24) is 5.32 Å². The molecule has 13 rings (SSSR count). The lowest BCUT2D eigenvalue weighted by Gasteiger charge is -2.43. The third-order valence-electron chi connectivity index (χ3n) is 14.5. The van der Waals surface area contributed by atoms with E-state index in [0.29, 0.717) is 11.1 Å². The minimum Gasteiger partial charge on any atom is -0.375 e. The Balaban J connectivity index is 0.000000126. The highest BCUT2D eigenvalue weighted by Gasteiger charge is 2.42. The molecule has 0 radical (unpaired) electrons. The van der Waals surface area contributed by atoms with E-state index in [0.717, 1.165) is 6.42 Å². The Bertz CT molecular complexity index is 3430. The van der Waals surface area contributed by atoms with Crippen molar-refractivity contribution >= 4 is 50.7 Å². The molecule has 1 saturated heterocycles. The van der Waals surface area contributed by atoms with Crippen LogP contribution in [0.25, 0.3) is 66.1 Å². The number of para-hydroxylation sites is 1. The van der Waals surface area contributed by atoms with Crippen LogP contribution in [0.1, 0.15) is 58.1 Å². The number of hydrogen-bond donors (Lipinski definition) is 1. The quantitative estimate of drug-likeness (QED) is 0.177. The van der Waals surface area contributed by atoms with Crippen molar-refractivity contribution < 1.29 is 0 Å². The van der Waals surface area contributed by atoms with Gasteiger partial charge in [0.1, 0.15) is 0 Å². The number of nitrogens with one attached hydrogen (secondary N) is 1. The van der Waals surface area contributed by atoms with Gasteiger partial charge in [0, 0.05) is 39.0 Å². The summed E-state index contributed by atoms with van der Waals surface area (Å²) in [7, 11) is 0. The fourth-order valence-electron chi connectivity index (χ4n) is 11.6. The Kier molecular flexibility index (Phi) is 11.9. The molecular weight excluding hydrogens is 832 g/mol. The zero-order valence-electron chi connectivity index (χ0n) is 40.3. The van der Waals surface area contributed by atoms with Crippen molar-refractivity contribution in [3.63, 3.8) is 0 Å². The molecule has 1 fully saturated rings. The van der Waals surface area contributed by atoms with Gasteiger partial charge in [-0.05, 0) is 131 Å². The van der Waals surface area contributed by atoms with Crippen molar-refractivity contribution in [3.8, 4) is 44.5 Å².